The Bertz CT molecular complexity index is 3260. The zero-order valence-corrected chi connectivity index (χ0v) is 63.1. The van der Waals surface area contributed by atoms with Crippen LogP contribution in [0.2, 0.25) is 0 Å². The van der Waals surface area contributed by atoms with Gasteiger partial charge in [-0.15, -0.1) is 0 Å². The van der Waals surface area contributed by atoms with Crippen LogP contribution < -0.4 is 56.8 Å². The van der Waals surface area contributed by atoms with Gasteiger partial charge in [-0.3, -0.25) is 0 Å². The second-order valence-electron chi connectivity index (χ2n) is 26.7. The number of methoxy groups -OCH3 is 4. The smallest absolute Gasteiger partial charge is 0.341 e. The highest BCUT2D eigenvalue weighted by Crippen LogP contribution is 2.39. The molecule has 0 atom stereocenters. The summed E-state index contributed by atoms with van der Waals surface area (Å²) in [6.07, 6.45) is 30.7. The molecule has 0 radical (unpaired) electrons. The fourth-order valence-electron chi connectivity index (χ4n) is 12.7. The van der Waals surface area contributed by atoms with E-state index in [1.165, 1.54) is 96.3 Å². The summed E-state index contributed by atoms with van der Waals surface area (Å²) < 4.78 is 73.9. The monoisotopic (exact) mass is 1440 g/mol. The molecule has 0 amide bonds. The standard InChI is InChI=1S/C85H118O19/c1-8-11-14-17-20-23-26-29-38-97-68-41-62(44-71(53-68)100-59-83(87)88)32-35-74-77(93-4)49-66(50-78(74)94-5)57-103-81-47-65(56-86)48-82(76(81)37-34-64-43-70(55-73(46-64)102-61-85(91)92)99-40-31-28-25-22-19-16-13-10-3)104-58-67-51-79(95-6)75(80(52-67)96-7)36-33-63-42-69(54-72(45-63)101-60-84(89)90)98-39-30-27-24-21-18-15-12-9-2/h41-55,86H,8-40,56-61H2,1-7H3,(H,87,88)(H,89,90)(H,91,92). The van der Waals surface area contributed by atoms with Gasteiger partial charge in [-0.2, -0.15) is 0 Å². The number of aliphatic carboxylic acids is 3. The Morgan fingerprint density at radius 3 is 0.760 bits per heavy atom. The summed E-state index contributed by atoms with van der Waals surface area (Å²) in [6.45, 7) is 6.49. The molecular formula is C85H118O19. The lowest BCUT2D eigenvalue weighted by molar-refractivity contribution is -0.140. The van der Waals surface area contributed by atoms with Gasteiger partial charge >= 0.3 is 17.9 Å². The van der Waals surface area contributed by atoms with Crippen LogP contribution in [0.15, 0.2) is 91.0 Å². The van der Waals surface area contributed by atoms with E-state index in [1.54, 1.807) is 58.8 Å². The summed E-state index contributed by atoms with van der Waals surface area (Å²) in [4.78, 5) is 34.9. The predicted molar refractivity (Wildman–Crippen MR) is 405 cm³/mol. The molecule has 0 aliphatic rings. The van der Waals surface area contributed by atoms with Crippen LogP contribution in [0.5, 0.6) is 69.0 Å². The topological polar surface area (TPSA) is 243 Å². The number of ether oxygens (including phenoxy) is 12. The zero-order chi connectivity index (χ0) is 74.5. The Balaban J connectivity index is 1.27. The quantitative estimate of drug-likeness (QED) is 0.0259. The van der Waals surface area contributed by atoms with Crippen molar-refractivity contribution in [1.29, 1.82) is 0 Å². The molecule has 6 aromatic carbocycles. The average molecular weight is 1440 g/mol. The van der Waals surface area contributed by atoms with Crippen molar-refractivity contribution in [3.63, 3.8) is 0 Å². The minimum Gasteiger partial charge on any atom is -0.496 e. The van der Waals surface area contributed by atoms with Crippen LogP contribution in [-0.2, 0) is 72.7 Å². The molecular weight excluding hydrogens is 1320 g/mol. The maximum atomic E-state index is 11.8. The van der Waals surface area contributed by atoms with Crippen molar-refractivity contribution in [1.82, 2.24) is 0 Å². The first kappa shape index (κ1) is 84.2. The van der Waals surface area contributed by atoms with Crippen molar-refractivity contribution in [3.05, 3.63) is 141 Å². The van der Waals surface area contributed by atoms with E-state index < -0.39 is 37.7 Å². The van der Waals surface area contributed by atoms with Crippen LogP contribution in [0.4, 0.5) is 0 Å². The summed E-state index contributed by atoms with van der Waals surface area (Å²) in [5, 5.41) is 39.5. The molecule has 0 heterocycles. The van der Waals surface area contributed by atoms with E-state index in [0.29, 0.717) is 138 Å². The minimum absolute atomic E-state index is 0.0508. The largest absolute Gasteiger partial charge is 0.496 e. The van der Waals surface area contributed by atoms with Gasteiger partial charge in [-0.05, 0) is 164 Å². The van der Waals surface area contributed by atoms with Crippen molar-refractivity contribution >= 4 is 17.9 Å². The molecule has 6 aromatic rings. The van der Waals surface area contributed by atoms with Crippen molar-refractivity contribution in [2.45, 2.75) is 233 Å². The second-order valence-corrected chi connectivity index (χ2v) is 26.7. The molecule has 19 heteroatoms. The van der Waals surface area contributed by atoms with Gasteiger partial charge in [0, 0.05) is 34.9 Å². The second kappa shape index (κ2) is 49.1. The molecule has 0 spiro atoms. The lowest BCUT2D eigenvalue weighted by Crippen LogP contribution is -2.10. The molecule has 0 aliphatic heterocycles. The third-order valence-electron chi connectivity index (χ3n) is 18.2. The highest BCUT2D eigenvalue weighted by Gasteiger charge is 2.21. The molecule has 0 bridgehead atoms. The number of unbranched alkanes of at least 4 members (excludes halogenated alkanes) is 21. The van der Waals surface area contributed by atoms with Gasteiger partial charge in [0.05, 0.1) is 54.9 Å². The molecule has 0 aromatic heterocycles. The van der Waals surface area contributed by atoms with Crippen LogP contribution >= 0.6 is 0 Å². The molecule has 0 unspecified atom stereocenters. The average Bonchev–Trinajstić information content (AvgIpc) is 0.807. The first-order chi connectivity index (χ1) is 50.7. The third-order valence-corrected chi connectivity index (χ3v) is 18.2. The number of carboxylic acids is 3. The number of rotatable bonds is 59. The van der Waals surface area contributed by atoms with E-state index in [2.05, 4.69) is 20.8 Å². The van der Waals surface area contributed by atoms with Crippen LogP contribution in [0.1, 0.15) is 225 Å². The summed E-state index contributed by atoms with van der Waals surface area (Å²) in [6, 6.07) is 27.8. The summed E-state index contributed by atoms with van der Waals surface area (Å²) >= 11 is 0. The number of aliphatic hydroxyl groups is 1. The Kier molecular flexibility index (Phi) is 39.8. The van der Waals surface area contributed by atoms with Gasteiger partial charge in [-0.25, -0.2) is 14.4 Å². The lowest BCUT2D eigenvalue weighted by atomic mass is 9.99. The number of benzene rings is 6. The van der Waals surface area contributed by atoms with E-state index in [4.69, 9.17) is 56.8 Å². The molecule has 104 heavy (non-hydrogen) atoms. The summed E-state index contributed by atoms with van der Waals surface area (Å²) in [5.74, 6) is 2.88. The summed E-state index contributed by atoms with van der Waals surface area (Å²) in [5.41, 5.74) is 6.90. The van der Waals surface area contributed by atoms with Gasteiger partial charge in [0.1, 0.15) is 82.2 Å². The highest BCUT2D eigenvalue weighted by atomic mass is 16.5. The van der Waals surface area contributed by atoms with Crippen LogP contribution in [0.3, 0.4) is 0 Å². The summed E-state index contributed by atoms with van der Waals surface area (Å²) in [7, 11) is 6.42. The lowest BCUT2D eigenvalue weighted by Gasteiger charge is -2.20. The SMILES string of the molecule is CCCCCCCCCCOc1cc(CCc2c(OC)cc(COc3cc(CO)cc(OCc4cc(OC)c(CCc5cc(OCCCCCCCCCC)cc(OCC(=O)O)c5)c(OC)c4)c3CCc3cc(OCCCCCCCCCC)cc(OCC(=O)O)c3)cc2OC)cc(OCC(=O)O)c1. The molecule has 4 N–H and O–H groups in total. The van der Waals surface area contributed by atoms with Crippen LogP contribution in [-0.4, -0.2) is 106 Å². The van der Waals surface area contributed by atoms with Crippen molar-refractivity contribution in [3.8, 4) is 69.0 Å². The zero-order valence-electron chi connectivity index (χ0n) is 63.1. The molecule has 572 valence electrons. The Morgan fingerprint density at radius 2 is 0.510 bits per heavy atom. The van der Waals surface area contributed by atoms with Gasteiger partial charge in [0.2, 0.25) is 0 Å². The molecule has 0 fully saturated rings. The van der Waals surface area contributed by atoms with E-state index in [9.17, 15) is 34.8 Å². The predicted octanol–water partition coefficient (Wildman–Crippen LogP) is 18.7. The fraction of sp³-hybridized carbons (Fsp3) is 0.541. The van der Waals surface area contributed by atoms with Crippen LogP contribution in [0.25, 0.3) is 0 Å². The highest BCUT2D eigenvalue weighted by molar-refractivity contribution is 5.69. The number of aryl methyl sites for hydroxylation is 3. The van der Waals surface area contributed by atoms with Crippen molar-refractivity contribution < 1.29 is 91.7 Å². The van der Waals surface area contributed by atoms with Gasteiger partial charge in [0.15, 0.2) is 19.8 Å². The van der Waals surface area contributed by atoms with E-state index in [0.717, 1.165) is 96.7 Å². The van der Waals surface area contributed by atoms with Gasteiger partial charge < -0.3 is 77.3 Å². The third kappa shape index (κ3) is 31.7. The number of hydrogen-bond donors (Lipinski definition) is 4. The first-order valence-electron chi connectivity index (χ1n) is 38.0. The Labute approximate surface area is 618 Å². The maximum absolute atomic E-state index is 11.8. The van der Waals surface area contributed by atoms with E-state index in [1.807, 2.05) is 60.7 Å². The minimum atomic E-state index is -1.11. The van der Waals surface area contributed by atoms with Gasteiger partial charge in [0.25, 0.3) is 0 Å². The normalized spacial score (nSPS) is 11.1. The van der Waals surface area contributed by atoms with Gasteiger partial charge in [-0.1, -0.05) is 156 Å². The van der Waals surface area contributed by atoms with E-state index >= 15 is 0 Å². The number of carbonyl (C=O) groups is 3. The van der Waals surface area contributed by atoms with Crippen molar-refractivity contribution in [2.75, 3.05) is 68.1 Å². The first-order valence-corrected chi connectivity index (χ1v) is 38.0. The van der Waals surface area contributed by atoms with Crippen LogP contribution in [0, 0.1) is 0 Å². The molecule has 0 aliphatic carbocycles. The number of aliphatic hydroxyl groups excluding tert-OH is 1. The molecule has 0 saturated heterocycles. The Morgan fingerprint density at radius 1 is 0.269 bits per heavy atom. The fourth-order valence-corrected chi connectivity index (χ4v) is 12.7. The maximum Gasteiger partial charge on any atom is 0.341 e. The molecule has 19 nitrogen and oxygen atoms in total. The van der Waals surface area contributed by atoms with Crippen molar-refractivity contribution in [2.24, 2.45) is 0 Å². The number of hydrogen-bond acceptors (Lipinski definition) is 16. The number of carboxylic acid groups (broad SMARTS) is 3. The molecule has 6 rings (SSSR count). The molecule has 0 saturated carbocycles. The Hall–Kier alpha value is -8.71. The van der Waals surface area contributed by atoms with E-state index in [-0.39, 0.29) is 19.8 Å².